The van der Waals surface area contributed by atoms with E-state index in [0.29, 0.717) is 110 Å². The van der Waals surface area contributed by atoms with Crippen molar-refractivity contribution in [2.75, 3.05) is 55.6 Å². The normalized spacial score (nSPS) is 12.1. The lowest BCUT2D eigenvalue weighted by Gasteiger charge is -2.22. The monoisotopic (exact) mass is 1510 g/mol. The topological polar surface area (TPSA) is 284 Å². The molecule has 3 aromatic heterocycles. The molecule has 0 saturated heterocycles. The molecule has 0 spiro atoms. The molecule has 0 bridgehead atoms. The maximum Gasteiger partial charge on any atom is 0.191 e. The number of aliphatic hydroxyl groups excluding tert-OH is 6. The van der Waals surface area contributed by atoms with Gasteiger partial charge in [-0.15, -0.1) is 0 Å². The zero-order valence-corrected chi connectivity index (χ0v) is 60.5. The first-order valence-corrected chi connectivity index (χ1v) is 34.6. The van der Waals surface area contributed by atoms with Crippen molar-refractivity contribution in [3.05, 3.63) is 280 Å². The van der Waals surface area contributed by atoms with Gasteiger partial charge in [0.25, 0.3) is 0 Å². The Hall–Kier alpha value is -9.88. The summed E-state index contributed by atoms with van der Waals surface area (Å²) < 4.78 is 58.9. The smallest absolute Gasteiger partial charge is 0.191 e. The van der Waals surface area contributed by atoms with Crippen LogP contribution in [0.15, 0.2) is 164 Å². The summed E-state index contributed by atoms with van der Waals surface area (Å²) in [4.78, 5) is 50.7. The second-order valence-electron chi connectivity index (χ2n) is 24.8. The molecule has 0 saturated carbocycles. The van der Waals surface area contributed by atoms with E-state index < -0.39 is 41.4 Å². The number of benzene rings is 9. The van der Waals surface area contributed by atoms with Crippen LogP contribution >= 0.6 is 46.4 Å². The van der Waals surface area contributed by atoms with Gasteiger partial charge in [0, 0.05) is 118 Å². The first-order chi connectivity index (χ1) is 50.4. The van der Waals surface area contributed by atoms with Gasteiger partial charge >= 0.3 is 0 Å². The number of ketones is 3. The van der Waals surface area contributed by atoms with E-state index in [2.05, 4.69) is 30.9 Å². The van der Waals surface area contributed by atoms with Gasteiger partial charge in [-0.3, -0.25) is 14.4 Å². The Morgan fingerprint density at radius 1 is 0.400 bits per heavy atom. The molecule has 0 aliphatic rings. The largest absolute Gasteiger partial charge is 0.491 e. The fraction of sp³-hybridized carbons (Fsp3) is 0.212. The van der Waals surface area contributed by atoms with Crippen molar-refractivity contribution in [3.8, 4) is 17.2 Å². The molecular weight excluding hydrogens is 1440 g/mol. The van der Waals surface area contributed by atoms with Crippen LogP contribution < -0.4 is 30.2 Å². The Morgan fingerprint density at radius 3 is 1.18 bits per heavy atom. The number of ether oxygens (including phenoxy) is 3. The summed E-state index contributed by atoms with van der Waals surface area (Å²) in [6.45, 7) is 8.39. The van der Waals surface area contributed by atoms with Crippen LogP contribution in [0.25, 0.3) is 32.7 Å². The number of aryl methyl sites for hydroxylation is 5. The Bertz CT molecular complexity index is 5030. The summed E-state index contributed by atoms with van der Waals surface area (Å²) >= 11 is 24.7. The molecule has 9 aromatic carbocycles. The number of Topliss-reactive ketones (excluding diaryl/α,β-unsaturated/α-hetero) is 3. The summed E-state index contributed by atoms with van der Waals surface area (Å²) in [6.07, 6.45) is 4.59. The molecule has 105 heavy (non-hydrogen) atoms. The van der Waals surface area contributed by atoms with Gasteiger partial charge in [0.05, 0.1) is 50.7 Å². The second kappa shape index (κ2) is 35.3. The number of fused-ring (bicyclic) bond motifs is 3. The first-order valence-electron chi connectivity index (χ1n) is 33.1. The van der Waals surface area contributed by atoms with Gasteiger partial charge in [-0.2, -0.15) is 0 Å². The molecule has 0 fully saturated rings. The summed E-state index contributed by atoms with van der Waals surface area (Å²) in [7, 11) is 0. The molecule has 3 atom stereocenters. The SMILES string of the molecule is Cc1cc(NC(C(=O)c2c[nH]c3c(C)c(Cl)ccc23)c2ccc(Cl)cc2CO)cc(OCCO)c1.Cc1cc(NC(C(=O)c2c[nH]c3c(F)cc(C)cc23)c2ccc(Cl)cc2CO)cc(OCCO)c1.Cc1cc(NC(C(=O)c2c[nH]c3cc(F)c(F)cc23)c2ccc(Cl)cc2CO)cc(OCCO)c1. The summed E-state index contributed by atoms with van der Waals surface area (Å²) in [5.41, 5.74) is 11.4. The van der Waals surface area contributed by atoms with E-state index in [0.717, 1.165) is 45.3 Å². The number of halogens is 7. The highest BCUT2D eigenvalue weighted by Gasteiger charge is 2.32. The fourth-order valence-electron chi connectivity index (χ4n) is 12.4. The van der Waals surface area contributed by atoms with E-state index in [-0.39, 0.29) is 93.0 Å². The molecule has 0 radical (unpaired) electrons. The first kappa shape index (κ1) is 77.7. The van der Waals surface area contributed by atoms with E-state index in [1.54, 1.807) is 104 Å². The summed E-state index contributed by atoms with van der Waals surface area (Å²) in [5.74, 6) is -1.84. The molecule has 0 aliphatic heterocycles. The van der Waals surface area contributed by atoms with Crippen molar-refractivity contribution in [1.29, 1.82) is 0 Å². The minimum Gasteiger partial charge on any atom is -0.491 e. The number of hydrogen-bond acceptors (Lipinski definition) is 15. The van der Waals surface area contributed by atoms with E-state index in [1.165, 1.54) is 18.5 Å². The Labute approximate surface area is 622 Å². The van der Waals surface area contributed by atoms with Crippen LogP contribution in [-0.2, 0) is 19.8 Å². The molecular formula is C80H75Cl4F3N6O12. The third-order valence-electron chi connectivity index (χ3n) is 17.2. The zero-order chi connectivity index (χ0) is 75.3. The number of H-pyrrole nitrogens is 3. The van der Waals surface area contributed by atoms with E-state index >= 15 is 0 Å². The van der Waals surface area contributed by atoms with E-state index in [9.17, 15) is 42.9 Å². The van der Waals surface area contributed by atoms with Crippen LogP contribution in [0, 0.1) is 52.1 Å². The number of anilines is 3. The Balaban J connectivity index is 0.000000169. The van der Waals surface area contributed by atoms with Crippen LogP contribution in [0.2, 0.25) is 20.1 Å². The van der Waals surface area contributed by atoms with Crippen molar-refractivity contribution in [2.45, 2.75) is 72.6 Å². The van der Waals surface area contributed by atoms with Crippen molar-refractivity contribution in [2.24, 2.45) is 0 Å². The van der Waals surface area contributed by atoms with Gasteiger partial charge < -0.3 is 75.8 Å². The predicted molar refractivity (Wildman–Crippen MR) is 405 cm³/mol. The highest BCUT2D eigenvalue weighted by molar-refractivity contribution is 6.33. The molecule has 12 N–H and O–H groups in total. The molecule has 0 aliphatic carbocycles. The minimum absolute atomic E-state index is 0.105. The highest BCUT2D eigenvalue weighted by atomic mass is 35.5. The Morgan fingerprint density at radius 2 is 0.771 bits per heavy atom. The number of rotatable bonds is 27. The molecule has 3 heterocycles. The van der Waals surface area contributed by atoms with Gasteiger partial charge in [-0.25, -0.2) is 13.2 Å². The van der Waals surface area contributed by atoms with Crippen molar-refractivity contribution in [1.82, 2.24) is 15.0 Å². The maximum absolute atomic E-state index is 14.5. The molecule has 12 rings (SSSR count). The van der Waals surface area contributed by atoms with Crippen molar-refractivity contribution >= 4 is 114 Å². The number of nitrogens with one attached hydrogen (secondary N) is 6. The highest BCUT2D eigenvalue weighted by Crippen LogP contribution is 2.39. The second-order valence-corrected chi connectivity index (χ2v) is 26.5. The summed E-state index contributed by atoms with van der Waals surface area (Å²) in [5, 5.41) is 70.5. The number of hydrogen-bond donors (Lipinski definition) is 12. The van der Waals surface area contributed by atoms with Crippen LogP contribution in [0.4, 0.5) is 30.2 Å². The van der Waals surface area contributed by atoms with Crippen molar-refractivity contribution in [3.63, 3.8) is 0 Å². The van der Waals surface area contributed by atoms with E-state index in [4.69, 9.17) is 75.9 Å². The third-order valence-corrected chi connectivity index (χ3v) is 18.3. The van der Waals surface area contributed by atoms with Crippen molar-refractivity contribution < 1.29 is 72.4 Å². The van der Waals surface area contributed by atoms with E-state index in [1.807, 2.05) is 64.1 Å². The lowest BCUT2D eigenvalue weighted by Crippen LogP contribution is -2.23. The molecule has 12 aromatic rings. The summed E-state index contributed by atoms with van der Waals surface area (Å²) in [6, 6.07) is 37.1. The number of aromatic amines is 3. The molecule has 546 valence electrons. The van der Waals surface area contributed by atoms with Gasteiger partial charge in [-0.05, 0) is 193 Å². The lowest BCUT2D eigenvalue weighted by atomic mass is 9.93. The van der Waals surface area contributed by atoms with Crippen LogP contribution in [0.5, 0.6) is 17.2 Å². The molecule has 25 heteroatoms. The van der Waals surface area contributed by atoms with Gasteiger partial charge in [0.2, 0.25) is 0 Å². The fourth-order valence-corrected chi connectivity index (χ4v) is 13.1. The lowest BCUT2D eigenvalue weighted by molar-refractivity contribution is 0.0962. The van der Waals surface area contributed by atoms with Crippen LogP contribution in [0.1, 0.15) is 110 Å². The standard InChI is InChI=1S/C27H26Cl2N2O4.C27H26ClFN2O4.C26H23ClF2N2O4/c1-15-9-19(12-20(10-15)35-8-7-32)31-26(21-4-3-18(28)11-17(21)14-33)27(34)23-13-30-25-16(2)24(29)6-5-22(23)25;1-15-7-19(12-20(8-15)35-6-5-32)31-26(21-4-3-18(28)11-17(21)14-33)27(34)23-13-30-25-22(23)9-16(2)10-24(25)29;1-14-6-17(9-18(7-14)35-5-4-32)31-25(19-3-2-16(27)8-15(19)13-33)26(34)21-12-30-24-11-23(29)22(28)10-20(21)24/h3-6,9-13,26,30-33H,7-8,14H2,1-2H3;3-4,7-13,26,30-33H,5-6,14H2,1-2H3;2-3,6-12,25,30-33H,4-5,13H2,1H3. The number of carbonyl (C=O) groups excluding carboxylic acids is 3. The molecule has 18 nitrogen and oxygen atoms in total. The average molecular weight is 1510 g/mol. The Kier molecular flexibility index (Phi) is 26.1. The molecule has 3 unspecified atom stereocenters. The minimum atomic E-state index is -1.07. The number of aromatic nitrogens is 3. The average Bonchev–Trinajstić information content (AvgIpc) is 1.70. The van der Waals surface area contributed by atoms with Gasteiger partial charge in [0.15, 0.2) is 29.0 Å². The van der Waals surface area contributed by atoms with Gasteiger partial charge in [0.1, 0.15) is 61.0 Å². The number of carbonyl (C=O) groups is 3. The predicted octanol–water partition coefficient (Wildman–Crippen LogP) is 16.8. The molecule has 0 amide bonds. The van der Waals surface area contributed by atoms with Crippen LogP contribution in [-0.4, -0.2) is 103 Å². The van der Waals surface area contributed by atoms with Crippen LogP contribution in [0.3, 0.4) is 0 Å². The maximum atomic E-state index is 14.5. The quantitative estimate of drug-likeness (QED) is 0.0213. The third kappa shape index (κ3) is 18.6. The van der Waals surface area contributed by atoms with Gasteiger partial charge in [-0.1, -0.05) is 70.7 Å². The zero-order valence-electron chi connectivity index (χ0n) is 57.5. The number of aliphatic hydroxyl groups is 6.